The quantitative estimate of drug-likeness (QED) is 0.646. The number of aryl methyl sites for hydroxylation is 1. The number of hydrogen-bond acceptors (Lipinski definition) is 3. The molecule has 3 N–H and O–H groups in total. The summed E-state index contributed by atoms with van der Waals surface area (Å²) in [7, 11) is 0. The van der Waals surface area contributed by atoms with Crippen LogP contribution in [0.25, 0.3) is 0 Å². The molecular formula is C15H24N4. The van der Waals surface area contributed by atoms with E-state index in [2.05, 4.69) is 16.8 Å². The first-order chi connectivity index (χ1) is 9.15. The molecule has 0 amide bonds. The number of nitrogen functional groups attached to an aromatic ring is 1. The summed E-state index contributed by atoms with van der Waals surface area (Å²) < 4.78 is 0. The third-order valence-electron chi connectivity index (χ3n) is 3.93. The highest BCUT2D eigenvalue weighted by Gasteiger charge is 2.26. The highest BCUT2D eigenvalue weighted by molar-refractivity contribution is 6.01. The van der Waals surface area contributed by atoms with Crippen LogP contribution >= 0.6 is 0 Å². The fraction of sp³-hybridized carbons (Fsp3) is 0.600. The molecule has 0 aromatic carbocycles. The third kappa shape index (κ3) is 2.88. The van der Waals surface area contributed by atoms with E-state index in [1.807, 2.05) is 19.2 Å². The van der Waals surface area contributed by atoms with Gasteiger partial charge in [-0.1, -0.05) is 13.3 Å². The Morgan fingerprint density at radius 3 is 3.00 bits per heavy atom. The second kappa shape index (κ2) is 6.04. The van der Waals surface area contributed by atoms with Crippen molar-refractivity contribution >= 4 is 11.7 Å². The van der Waals surface area contributed by atoms with Crippen molar-refractivity contribution in [2.45, 2.75) is 52.0 Å². The number of anilines is 1. The maximum absolute atomic E-state index is 7.81. The lowest BCUT2D eigenvalue weighted by Gasteiger charge is -2.37. The number of amidine groups is 1. The van der Waals surface area contributed by atoms with Gasteiger partial charge in [0.1, 0.15) is 11.7 Å². The zero-order valence-electron chi connectivity index (χ0n) is 11.9. The van der Waals surface area contributed by atoms with E-state index in [-0.39, 0.29) is 5.84 Å². The van der Waals surface area contributed by atoms with Gasteiger partial charge in [0.25, 0.3) is 0 Å². The summed E-state index contributed by atoms with van der Waals surface area (Å²) in [5.41, 5.74) is 7.61. The van der Waals surface area contributed by atoms with Crippen LogP contribution in [0, 0.1) is 12.3 Å². The lowest BCUT2D eigenvalue weighted by atomic mass is 9.97. The van der Waals surface area contributed by atoms with Crippen molar-refractivity contribution in [3.05, 3.63) is 23.4 Å². The van der Waals surface area contributed by atoms with Crippen molar-refractivity contribution in [3.8, 4) is 0 Å². The Kier molecular flexibility index (Phi) is 4.40. The average Bonchev–Trinajstić information content (AvgIpc) is 2.39. The first-order valence-electron chi connectivity index (χ1n) is 7.21. The van der Waals surface area contributed by atoms with Crippen molar-refractivity contribution in [3.63, 3.8) is 0 Å². The molecule has 1 aromatic rings. The molecule has 2 rings (SSSR count). The Morgan fingerprint density at radius 2 is 2.32 bits per heavy atom. The van der Waals surface area contributed by atoms with Crippen LogP contribution in [0.1, 0.15) is 50.2 Å². The number of rotatable bonds is 4. The zero-order valence-corrected chi connectivity index (χ0v) is 11.9. The Bertz CT molecular complexity index is 453. The van der Waals surface area contributed by atoms with Gasteiger partial charge in [0.05, 0.1) is 5.56 Å². The number of nitrogens with one attached hydrogen (secondary N) is 1. The van der Waals surface area contributed by atoms with Crippen LogP contribution in [-0.4, -0.2) is 23.4 Å². The second-order valence-electron chi connectivity index (χ2n) is 5.37. The molecule has 2 heterocycles. The van der Waals surface area contributed by atoms with E-state index in [1.165, 1.54) is 32.1 Å². The predicted octanol–water partition coefficient (Wildman–Crippen LogP) is 2.83. The maximum Gasteiger partial charge on any atom is 0.140 e. The van der Waals surface area contributed by atoms with Crippen LogP contribution in [0.5, 0.6) is 0 Å². The molecule has 1 aromatic heterocycles. The molecule has 1 aliphatic heterocycles. The zero-order chi connectivity index (χ0) is 13.8. The van der Waals surface area contributed by atoms with E-state index in [4.69, 9.17) is 11.1 Å². The number of aromatic nitrogens is 1. The summed E-state index contributed by atoms with van der Waals surface area (Å²) >= 11 is 0. The van der Waals surface area contributed by atoms with E-state index in [0.717, 1.165) is 23.5 Å². The van der Waals surface area contributed by atoms with E-state index >= 15 is 0 Å². The van der Waals surface area contributed by atoms with Crippen LogP contribution in [-0.2, 0) is 0 Å². The molecule has 1 atom stereocenters. The molecule has 0 aliphatic carbocycles. The minimum absolute atomic E-state index is 0.126. The summed E-state index contributed by atoms with van der Waals surface area (Å²) in [4.78, 5) is 6.89. The fourth-order valence-electron chi connectivity index (χ4n) is 3.01. The highest BCUT2D eigenvalue weighted by atomic mass is 15.2. The second-order valence-corrected chi connectivity index (χ2v) is 5.37. The standard InChI is InChI=1S/C15H24N4/c1-3-6-12-7-4-5-10-19(12)15-13(14(16)17)11(2)8-9-18-15/h8-9,12H,3-7,10H2,1-2H3,(H3,16,17). The first-order valence-corrected chi connectivity index (χ1v) is 7.21. The minimum atomic E-state index is 0.126. The van der Waals surface area contributed by atoms with E-state index in [0.29, 0.717) is 6.04 Å². The summed E-state index contributed by atoms with van der Waals surface area (Å²) in [6.45, 7) is 5.25. The highest BCUT2D eigenvalue weighted by Crippen LogP contribution is 2.29. The average molecular weight is 260 g/mol. The van der Waals surface area contributed by atoms with Gasteiger partial charge in [0.15, 0.2) is 0 Å². The number of pyridine rings is 1. The number of piperidine rings is 1. The Balaban J connectivity index is 2.38. The first kappa shape index (κ1) is 13.8. The smallest absolute Gasteiger partial charge is 0.140 e. The number of nitrogens with zero attached hydrogens (tertiary/aromatic N) is 2. The summed E-state index contributed by atoms with van der Waals surface area (Å²) in [5, 5.41) is 7.81. The molecule has 0 bridgehead atoms. The molecule has 1 saturated heterocycles. The molecule has 4 heteroatoms. The Hall–Kier alpha value is -1.58. The van der Waals surface area contributed by atoms with Gasteiger partial charge in [-0.2, -0.15) is 0 Å². The van der Waals surface area contributed by atoms with Gasteiger partial charge >= 0.3 is 0 Å². The fourth-order valence-corrected chi connectivity index (χ4v) is 3.01. The predicted molar refractivity (Wildman–Crippen MR) is 79.9 cm³/mol. The van der Waals surface area contributed by atoms with Gasteiger partial charge in [-0.25, -0.2) is 4.98 Å². The van der Waals surface area contributed by atoms with Crippen LogP contribution in [0.4, 0.5) is 5.82 Å². The van der Waals surface area contributed by atoms with Crippen molar-refractivity contribution in [2.24, 2.45) is 5.73 Å². The molecule has 19 heavy (non-hydrogen) atoms. The molecular weight excluding hydrogens is 236 g/mol. The van der Waals surface area contributed by atoms with Crippen LogP contribution in [0.2, 0.25) is 0 Å². The largest absolute Gasteiger partial charge is 0.384 e. The minimum Gasteiger partial charge on any atom is -0.384 e. The van der Waals surface area contributed by atoms with Gasteiger partial charge in [0, 0.05) is 18.8 Å². The Labute approximate surface area is 115 Å². The topological polar surface area (TPSA) is 66.0 Å². The van der Waals surface area contributed by atoms with Crippen molar-refractivity contribution in [2.75, 3.05) is 11.4 Å². The van der Waals surface area contributed by atoms with Crippen LogP contribution < -0.4 is 10.6 Å². The van der Waals surface area contributed by atoms with Crippen LogP contribution in [0.3, 0.4) is 0 Å². The van der Waals surface area contributed by atoms with Crippen molar-refractivity contribution < 1.29 is 0 Å². The molecule has 1 aliphatic rings. The summed E-state index contributed by atoms with van der Waals surface area (Å²) in [5.74, 6) is 1.03. The summed E-state index contributed by atoms with van der Waals surface area (Å²) in [6.07, 6.45) is 7.92. The molecule has 1 unspecified atom stereocenters. The van der Waals surface area contributed by atoms with Gasteiger partial charge in [-0.3, -0.25) is 5.41 Å². The van der Waals surface area contributed by atoms with E-state index < -0.39 is 0 Å². The molecule has 1 fully saturated rings. The Morgan fingerprint density at radius 1 is 1.53 bits per heavy atom. The summed E-state index contributed by atoms with van der Waals surface area (Å²) in [6, 6.07) is 2.48. The maximum atomic E-state index is 7.81. The van der Waals surface area contributed by atoms with E-state index in [1.54, 1.807) is 0 Å². The third-order valence-corrected chi connectivity index (χ3v) is 3.93. The normalized spacial score (nSPS) is 19.5. The van der Waals surface area contributed by atoms with Gasteiger partial charge < -0.3 is 10.6 Å². The van der Waals surface area contributed by atoms with Crippen molar-refractivity contribution in [1.82, 2.24) is 4.98 Å². The van der Waals surface area contributed by atoms with Gasteiger partial charge in [-0.15, -0.1) is 0 Å². The molecule has 4 nitrogen and oxygen atoms in total. The van der Waals surface area contributed by atoms with Crippen LogP contribution in [0.15, 0.2) is 12.3 Å². The van der Waals surface area contributed by atoms with Gasteiger partial charge in [0.2, 0.25) is 0 Å². The van der Waals surface area contributed by atoms with Crippen molar-refractivity contribution in [1.29, 1.82) is 5.41 Å². The lowest BCUT2D eigenvalue weighted by Crippen LogP contribution is -2.41. The molecule has 0 saturated carbocycles. The molecule has 0 spiro atoms. The van der Waals surface area contributed by atoms with E-state index in [9.17, 15) is 0 Å². The lowest BCUT2D eigenvalue weighted by molar-refractivity contribution is 0.431. The monoisotopic (exact) mass is 260 g/mol. The molecule has 0 radical (unpaired) electrons. The van der Waals surface area contributed by atoms with Gasteiger partial charge in [-0.05, 0) is 44.2 Å². The number of hydrogen-bond donors (Lipinski definition) is 2. The SMILES string of the molecule is CCCC1CCCCN1c1nccc(C)c1C(=N)N. The molecule has 104 valence electrons. The number of nitrogens with two attached hydrogens (primary N) is 1.